The highest BCUT2D eigenvalue weighted by Crippen LogP contribution is 2.51. The number of phenols is 1. The molecule has 3 aliphatic rings. The predicted octanol–water partition coefficient (Wildman–Crippen LogP) is -0.120. The van der Waals surface area contributed by atoms with Crippen molar-refractivity contribution < 1.29 is 44.0 Å². The van der Waals surface area contributed by atoms with Gasteiger partial charge < -0.3 is 30.7 Å². The molecule has 39 heavy (non-hydrogen) atoms. The molecule has 2 saturated carbocycles. The Morgan fingerprint density at radius 3 is 2.54 bits per heavy atom. The van der Waals surface area contributed by atoms with Gasteiger partial charge in [0, 0.05) is 32.1 Å². The van der Waals surface area contributed by atoms with Crippen molar-refractivity contribution in [2.45, 2.75) is 50.9 Å². The highest BCUT2D eigenvalue weighted by atomic mass is 16.6. The van der Waals surface area contributed by atoms with Crippen molar-refractivity contribution in [2.75, 3.05) is 25.6 Å². The number of Topliss-reactive ketones (excluding diaryl/α,β-unsaturated/α-hetero) is 4. The number of aliphatic hydroxyl groups is 2. The lowest BCUT2D eigenvalue weighted by Crippen LogP contribution is -2.68. The molecule has 0 aromatic heterocycles. The van der Waals surface area contributed by atoms with E-state index in [1.54, 1.807) is 25.1 Å². The van der Waals surface area contributed by atoms with E-state index < -0.39 is 76.8 Å². The van der Waals surface area contributed by atoms with Crippen LogP contribution in [-0.4, -0.2) is 77.0 Å². The van der Waals surface area contributed by atoms with Crippen LogP contribution < -0.4 is 10.6 Å². The van der Waals surface area contributed by atoms with Crippen LogP contribution in [-0.2, 0) is 30.3 Å². The number of primary amides is 1. The summed E-state index contributed by atoms with van der Waals surface area (Å²) in [4.78, 5) is 66.5. The summed E-state index contributed by atoms with van der Waals surface area (Å²) in [6.45, 7) is 2.26. The molecule has 1 aromatic rings. The van der Waals surface area contributed by atoms with Gasteiger partial charge in [-0.1, -0.05) is 19.3 Å². The number of ether oxygens (including phenoxy) is 1. The first-order valence-electron chi connectivity index (χ1n) is 12.9. The number of carbonyl (C=O) groups is 5. The Morgan fingerprint density at radius 1 is 1.23 bits per heavy atom. The number of aromatic hydroxyl groups is 1. The predicted molar refractivity (Wildman–Crippen MR) is 137 cm³/mol. The lowest BCUT2D eigenvalue weighted by atomic mass is 9.53. The maximum absolute atomic E-state index is 13.8. The van der Waals surface area contributed by atoms with Gasteiger partial charge in [-0.25, -0.2) is 0 Å². The highest BCUT2D eigenvalue weighted by molar-refractivity contribution is 6.31. The molecule has 1 amide bonds. The molecule has 3 unspecified atom stereocenters. The Morgan fingerprint density at radius 2 is 1.92 bits per heavy atom. The largest absolute Gasteiger partial charge is 0.506 e. The van der Waals surface area contributed by atoms with E-state index in [-0.39, 0.29) is 24.0 Å². The second-order valence-electron chi connectivity index (χ2n) is 10.6. The number of carbonyl (C=O) groups excluding carboxylic acids is 5. The summed E-state index contributed by atoms with van der Waals surface area (Å²) in [6, 6.07) is 1.57. The molecule has 0 heterocycles. The third-order valence-corrected chi connectivity index (χ3v) is 7.96. The van der Waals surface area contributed by atoms with Crippen LogP contribution in [0, 0.1) is 35.5 Å². The van der Waals surface area contributed by atoms with Crippen LogP contribution in [0.5, 0.6) is 5.75 Å². The number of nitrogens with zero attached hydrogens (tertiary/aromatic N) is 1. The van der Waals surface area contributed by atoms with Crippen LogP contribution in [0.2, 0.25) is 0 Å². The van der Waals surface area contributed by atoms with Gasteiger partial charge in [0.05, 0.1) is 23.7 Å². The third-order valence-electron chi connectivity index (χ3n) is 7.96. The SMILES string of the molecule is CCCCOC(O)C#Cc1cc(N(C)C)c2c(c1O)C(=O)C1C(=O)[C@]3(O)C(=O)C(C(N)=O)C(=O)C[C@@H]3C[C@@H]1C2. The fourth-order valence-electron chi connectivity index (χ4n) is 6.03. The van der Waals surface area contributed by atoms with Gasteiger partial charge in [-0.05, 0) is 42.7 Å². The lowest BCUT2D eigenvalue weighted by Gasteiger charge is -2.48. The molecule has 1 aromatic carbocycles. The van der Waals surface area contributed by atoms with E-state index in [0.29, 0.717) is 17.9 Å². The number of fused-ring (bicyclic) bond motifs is 3. The van der Waals surface area contributed by atoms with Crippen LogP contribution >= 0.6 is 0 Å². The van der Waals surface area contributed by atoms with Crippen molar-refractivity contribution in [1.82, 2.24) is 0 Å². The zero-order valence-corrected chi connectivity index (χ0v) is 22.0. The smallest absolute Gasteiger partial charge is 0.235 e. The van der Waals surface area contributed by atoms with Gasteiger partial charge in [-0.15, -0.1) is 0 Å². The average molecular weight is 541 g/mol. The molecule has 208 valence electrons. The van der Waals surface area contributed by atoms with Gasteiger partial charge in [0.2, 0.25) is 12.2 Å². The van der Waals surface area contributed by atoms with E-state index in [9.17, 15) is 39.3 Å². The lowest BCUT2D eigenvalue weighted by molar-refractivity contribution is -0.175. The molecule has 4 rings (SSSR count). The first kappa shape index (κ1) is 28.4. The number of amides is 1. The standard InChI is InChI=1S/C28H32N2O9/c1-4-5-8-39-19(32)7-6-13-11-17(30(2)3)16-10-14-9-15-12-18(31)22(27(29)37)26(36)28(15,38)25(35)20(14)24(34)21(16)23(13)33/h11,14-15,19-20,22,32-33,38H,4-5,8-10,12H2,1-3H3,(H2,29,37)/t14-,15+,19?,20?,22?,28+/m1/s1. The molecular formula is C28H32N2O9. The summed E-state index contributed by atoms with van der Waals surface area (Å²) < 4.78 is 5.21. The topological polar surface area (TPSA) is 185 Å². The number of benzene rings is 1. The first-order valence-corrected chi connectivity index (χ1v) is 12.9. The van der Waals surface area contributed by atoms with Crippen molar-refractivity contribution in [3.8, 4) is 17.6 Å². The molecule has 0 aliphatic heterocycles. The zero-order chi connectivity index (χ0) is 28.8. The van der Waals surface area contributed by atoms with Crippen LogP contribution in [0.25, 0.3) is 0 Å². The van der Waals surface area contributed by atoms with Crippen LogP contribution in [0.1, 0.15) is 54.1 Å². The number of ketones is 4. The fraction of sp³-hybridized carbons (Fsp3) is 0.536. The van der Waals surface area contributed by atoms with E-state index in [0.717, 1.165) is 12.8 Å². The number of rotatable bonds is 6. The zero-order valence-electron chi connectivity index (χ0n) is 22.0. The molecule has 0 spiro atoms. The Balaban J connectivity index is 1.77. The minimum absolute atomic E-state index is 0.0114. The summed E-state index contributed by atoms with van der Waals surface area (Å²) in [7, 11) is 3.46. The maximum Gasteiger partial charge on any atom is 0.235 e. The molecule has 0 bridgehead atoms. The van der Waals surface area contributed by atoms with E-state index >= 15 is 0 Å². The fourth-order valence-corrected chi connectivity index (χ4v) is 6.03. The van der Waals surface area contributed by atoms with Gasteiger partial charge in [0.1, 0.15) is 5.75 Å². The molecule has 2 fully saturated rings. The van der Waals surface area contributed by atoms with Crippen LogP contribution in [0.15, 0.2) is 6.07 Å². The molecule has 6 atom stereocenters. The van der Waals surface area contributed by atoms with Crippen LogP contribution in [0.4, 0.5) is 5.69 Å². The minimum Gasteiger partial charge on any atom is -0.506 e. The van der Waals surface area contributed by atoms with E-state index in [2.05, 4.69) is 11.8 Å². The van der Waals surface area contributed by atoms with E-state index in [1.807, 2.05) is 6.92 Å². The molecule has 3 aliphatic carbocycles. The molecule has 0 saturated heterocycles. The second kappa shape index (κ2) is 10.5. The molecule has 11 nitrogen and oxygen atoms in total. The summed E-state index contributed by atoms with van der Waals surface area (Å²) >= 11 is 0. The summed E-state index contributed by atoms with van der Waals surface area (Å²) in [5, 5.41) is 32.4. The number of hydrogen-bond donors (Lipinski definition) is 4. The Kier molecular flexibility index (Phi) is 7.67. The molecule has 11 heteroatoms. The number of hydrogen-bond acceptors (Lipinski definition) is 10. The molecule has 0 radical (unpaired) electrons. The monoisotopic (exact) mass is 540 g/mol. The molecule has 5 N–H and O–H groups in total. The minimum atomic E-state index is -2.71. The number of phenolic OH excluding ortho intramolecular Hbond substituents is 1. The average Bonchev–Trinajstić information content (AvgIpc) is 2.85. The highest BCUT2D eigenvalue weighted by Gasteiger charge is 2.66. The number of unbranched alkanes of at least 4 members (excludes halogenated alkanes) is 1. The van der Waals surface area contributed by atoms with Crippen molar-refractivity contribution in [2.24, 2.45) is 29.4 Å². The second-order valence-corrected chi connectivity index (χ2v) is 10.6. The van der Waals surface area contributed by atoms with E-state index in [1.165, 1.54) is 0 Å². The quantitative estimate of drug-likeness (QED) is 0.164. The van der Waals surface area contributed by atoms with E-state index in [4.69, 9.17) is 10.5 Å². The Hall–Kier alpha value is -3.59. The van der Waals surface area contributed by atoms with Gasteiger partial charge in [0.25, 0.3) is 0 Å². The normalized spacial score (nSPS) is 28.5. The first-order chi connectivity index (χ1) is 18.3. The summed E-state index contributed by atoms with van der Waals surface area (Å²) in [6.07, 6.45) is -0.0561. The number of anilines is 1. The number of nitrogens with two attached hydrogens (primary N) is 1. The Labute approximate surface area is 225 Å². The van der Waals surface area contributed by atoms with Crippen LogP contribution in [0.3, 0.4) is 0 Å². The van der Waals surface area contributed by atoms with Gasteiger partial charge in [-0.3, -0.25) is 24.0 Å². The summed E-state index contributed by atoms with van der Waals surface area (Å²) in [5.74, 6) is -5.73. The van der Waals surface area contributed by atoms with Crippen molar-refractivity contribution in [1.29, 1.82) is 0 Å². The molecular weight excluding hydrogens is 508 g/mol. The van der Waals surface area contributed by atoms with Gasteiger partial charge in [-0.2, -0.15) is 0 Å². The van der Waals surface area contributed by atoms with Crippen molar-refractivity contribution in [3.63, 3.8) is 0 Å². The maximum atomic E-state index is 13.8. The third kappa shape index (κ3) is 4.62. The number of aliphatic hydroxyl groups excluding tert-OH is 1. The van der Waals surface area contributed by atoms with Crippen molar-refractivity contribution >= 4 is 34.7 Å². The van der Waals surface area contributed by atoms with Gasteiger partial charge >= 0.3 is 0 Å². The van der Waals surface area contributed by atoms with Gasteiger partial charge in [0.15, 0.2) is 34.7 Å². The Bertz CT molecular complexity index is 1320. The van der Waals surface area contributed by atoms with Crippen molar-refractivity contribution in [3.05, 3.63) is 22.8 Å². The summed E-state index contributed by atoms with van der Waals surface area (Å²) in [5.41, 5.74) is 3.39.